The van der Waals surface area contributed by atoms with Crippen LogP contribution in [-0.4, -0.2) is 71.6 Å². The maximum Gasteiger partial charge on any atom is 0.242 e. The van der Waals surface area contributed by atoms with E-state index in [1.165, 1.54) is 0 Å². The highest BCUT2D eigenvalue weighted by Gasteiger charge is 2.30. The van der Waals surface area contributed by atoms with Crippen LogP contribution in [0.1, 0.15) is 39.5 Å². The van der Waals surface area contributed by atoms with Gasteiger partial charge in [-0.1, -0.05) is 26.7 Å². The molecule has 1 aromatic carbocycles. The number of ether oxygens (including phenoxy) is 2. The van der Waals surface area contributed by atoms with Crippen molar-refractivity contribution in [1.82, 2.24) is 25.1 Å². The first-order valence-electron chi connectivity index (χ1n) is 13.1. The second-order valence-electron chi connectivity index (χ2n) is 9.98. The Labute approximate surface area is 217 Å². The SMILES string of the molecule is COc1ccc2cc1OCCN(C(=O)C1CCCC1)CC(=O)N[C@H](C(C)C)C(=O)NCCn1ccnc1-2. The largest absolute Gasteiger partial charge is 0.493 e. The van der Waals surface area contributed by atoms with Gasteiger partial charge in [0, 0.05) is 37.0 Å². The summed E-state index contributed by atoms with van der Waals surface area (Å²) in [7, 11) is 1.58. The summed E-state index contributed by atoms with van der Waals surface area (Å²) in [6, 6.07) is 4.88. The van der Waals surface area contributed by atoms with Gasteiger partial charge >= 0.3 is 0 Å². The first kappa shape index (κ1) is 26.5. The van der Waals surface area contributed by atoms with Crippen LogP contribution >= 0.6 is 0 Å². The quantitative estimate of drug-likeness (QED) is 0.653. The van der Waals surface area contributed by atoms with E-state index in [0.29, 0.717) is 24.6 Å². The van der Waals surface area contributed by atoms with Crippen molar-refractivity contribution in [2.24, 2.45) is 11.8 Å². The third-order valence-corrected chi connectivity index (χ3v) is 7.02. The molecular formula is C27H37N5O5. The van der Waals surface area contributed by atoms with E-state index in [0.717, 1.165) is 37.1 Å². The molecule has 1 aliphatic carbocycles. The molecule has 1 fully saturated rings. The molecule has 2 heterocycles. The number of hydrogen-bond acceptors (Lipinski definition) is 6. The van der Waals surface area contributed by atoms with Crippen LogP contribution in [0.25, 0.3) is 11.4 Å². The number of carbonyl (C=O) groups is 3. The number of hydrogen-bond donors (Lipinski definition) is 2. The van der Waals surface area contributed by atoms with E-state index < -0.39 is 6.04 Å². The molecule has 1 saturated carbocycles. The van der Waals surface area contributed by atoms with E-state index in [1.807, 2.05) is 42.8 Å². The molecule has 3 amide bonds. The monoisotopic (exact) mass is 511 g/mol. The first-order chi connectivity index (χ1) is 17.9. The van der Waals surface area contributed by atoms with Crippen LogP contribution in [0, 0.1) is 11.8 Å². The Kier molecular flexibility index (Phi) is 8.68. The molecule has 1 aromatic heterocycles. The van der Waals surface area contributed by atoms with Crippen molar-refractivity contribution in [3.8, 4) is 22.9 Å². The zero-order valence-corrected chi connectivity index (χ0v) is 21.9. The second kappa shape index (κ2) is 12.1. The molecule has 0 unspecified atom stereocenters. The highest BCUT2D eigenvalue weighted by molar-refractivity contribution is 5.90. The van der Waals surface area contributed by atoms with Crippen molar-refractivity contribution in [3.05, 3.63) is 30.6 Å². The zero-order chi connectivity index (χ0) is 26.4. The zero-order valence-electron chi connectivity index (χ0n) is 21.9. The van der Waals surface area contributed by atoms with Crippen LogP contribution in [0.4, 0.5) is 0 Å². The predicted molar refractivity (Wildman–Crippen MR) is 138 cm³/mol. The van der Waals surface area contributed by atoms with Crippen molar-refractivity contribution in [1.29, 1.82) is 0 Å². The van der Waals surface area contributed by atoms with Crippen molar-refractivity contribution in [2.45, 2.75) is 52.1 Å². The molecule has 1 atom stereocenters. The predicted octanol–water partition coefficient (Wildman–Crippen LogP) is 2.23. The van der Waals surface area contributed by atoms with Crippen molar-refractivity contribution in [3.63, 3.8) is 0 Å². The summed E-state index contributed by atoms with van der Waals surface area (Å²) in [5, 5.41) is 5.78. The fourth-order valence-electron chi connectivity index (χ4n) is 4.98. The molecule has 200 valence electrons. The van der Waals surface area contributed by atoms with E-state index in [1.54, 1.807) is 18.2 Å². The average Bonchev–Trinajstić information content (AvgIpc) is 3.58. The maximum absolute atomic E-state index is 13.3. The molecule has 0 spiro atoms. The summed E-state index contributed by atoms with van der Waals surface area (Å²) >= 11 is 0. The minimum atomic E-state index is -0.704. The van der Waals surface area contributed by atoms with Crippen molar-refractivity contribution in [2.75, 3.05) is 33.4 Å². The Morgan fingerprint density at radius 3 is 2.70 bits per heavy atom. The standard InChI is InChI=1S/C27H37N5O5/c1-18(2)24-26(34)29-11-13-31-12-10-28-25(31)20-8-9-21(36-3)22(16-20)37-15-14-32(17-23(33)30-24)27(35)19-6-4-5-7-19/h8-10,12,16,18-19,24H,4-7,11,13-15,17H2,1-3H3,(H,29,34)(H,30,33)/t24-/m1/s1. The van der Waals surface area contributed by atoms with E-state index in [4.69, 9.17) is 9.47 Å². The number of aromatic nitrogens is 2. The molecule has 1 aliphatic heterocycles. The number of benzene rings is 1. The molecule has 10 nitrogen and oxygen atoms in total. The number of amides is 3. The fourth-order valence-corrected chi connectivity index (χ4v) is 4.98. The number of imidazole rings is 1. The lowest BCUT2D eigenvalue weighted by atomic mass is 10.0. The van der Waals surface area contributed by atoms with E-state index >= 15 is 0 Å². The third-order valence-electron chi connectivity index (χ3n) is 7.02. The van der Waals surface area contributed by atoms with Gasteiger partial charge in [0.25, 0.3) is 0 Å². The minimum absolute atomic E-state index is 0.0394. The number of methoxy groups -OCH3 is 1. The van der Waals surface area contributed by atoms with Crippen LogP contribution in [0.3, 0.4) is 0 Å². The molecule has 0 saturated heterocycles. The molecular weight excluding hydrogens is 474 g/mol. The summed E-state index contributed by atoms with van der Waals surface area (Å²) in [6.45, 7) is 4.95. The van der Waals surface area contributed by atoms with Gasteiger partial charge in [0.15, 0.2) is 11.5 Å². The second-order valence-corrected chi connectivity index (χ2v) is 9.98. The molecule has 2 N–H and O–H groups in total. The van der Waals surface area contributed by atoms with Crippen LogP contribution in [0.5, 0.6) is 11.5 Å². The Hall–Kier alpha value is -3.56. The van der Waals surface area contributed by atoms with Gasteiger partial charge in [-0.2, -0.15) is 0 Å². The van der Waals surface area contributed by atoms with Gasteiger partial charge in [0.05, 0.1) is 20.2 Å². The summed E-state index contributed by atoms with van der Waals surface area (Å²) < 4.78 is 13.5. The smallest absolute Gasteiger partial charge is 0.242 e. The van der Waals surface area contributed by atoms with E-state index in [2.05, 4.69) is 15.6 Å². The molecule has 2 bridgehead atoms. The lowest BCUT2D eigenvalue weighted by Gasteiger charge is -2.27. The van der Waals surface area contributed by atoms with Crippen molar-refractivity contribution < 1.29 is 23.9 Å². The van der Waals surface area contributed by atoms with Gasteiger partial charge in [0.1, 0.15) is 18.5 Å². The Morgan fingerprint density at radius 2 is 1.97 bits per heavy atom. The van der Waals surface area contributed by atoms with Crippen LogP contribution < -0.4 is 20.1 Å². The van der Waals surface area contributed by atoms with Gasteiger partial charge < -0.3 is 29.6 Å². The van der Waals surface area contributed by atoms with Gasteiger partial charge in [-0.3, -0.25) is 14.4 Å². The maximum atomic E-state index is 13.3. The molecule has 2 aromatic rings. The number of nitrogens with one attached hydrogen (secondary N) is 2. The molecule has 2 aliphatic rings. The summed E-state index contributed by atoms with van der Waals surface area (Å²) in [4.78, 5) is 45.4. The van der Waals surface area contributed by atoms with Gasteiger partial charge in [-0.05, 0) is 37.0 Å². The fraction of sp³-hybridized carbons (Fsp3) is 0.556. The lowest BCUT2D eigenvalue weighted by molar-refractivity contribution is -0.140. The average molecular weight is 512 g/mol. The van der Waals surface area contributed by atoms with Gasteiger partial charge in [-0.25, -0.2) is 4.98 Å². The van der Waals surface area contributed by atoms with Crippen LogP contribution in [0.2, 0.25) is 0 Å². The third kappa shape index (κ3) is 6.42. The molecule has 0 radical (unpaired) electrons. The molecule has 4 rings (SSSR count). The number of carbonyl (C=O) groups excluding carboxylic acids is 3. The minimum Gasteiger partial charge on any atom is -0.493 e. The Balaban J connectivity index is 1.63. The van der Waals surface area contributed by atoms with Crippen molar-refractivity contribution >= 4 is 17.7 Å². The van der Waals surface area contributed by atoms with Crippen LogP contribution in [0.15, 0.2) is 30.6 Å². The Bertz CT molecular complexity index is 1110. The van der Waals surface area contributed by atoms with Gasteiger partial charge in [-0.15, -0.1) is 0 Å². The molecule has 37 heavy (non-hydrogen) atoms. The molecule has 10 heteroatoms. The highest BCUT2D eigenvalue weighted by Crippen LogP contribution is 2.32. The number of fused-ring (bicyclic) bond motifs is 4. The number of nitrogens with zero attached hydrogens (tertiary/aromatic N) is 3. The topological polar surface area (TPSA) is 115 Å². The van der Waals surface area contributed by atoms with Crippen LogP contribution in [-0.2, 0) is 20.9 Å². The van der Waals surface area contributed by atoms with E-state index in [-0.39, 0.29) is 49.3 Å². The normalized spacial score (nSPS) is 20.0. The Morgan fingerprint density at radius 1 is 1.19 bits per heavy atom. The van der Waals surface area contributed by atoms with Gasteiger partial charge in [0.2, 0.25) is 17.7 Å². The summed E-state index contributed by atoms with van der Waals surface area (Å²) in [6.07, 6.45) is 7.26. The summed E-state index contributed by atoms with van der Waals surface area (Å²) in [5.74, 6) is 0.983. The lowest BCUT2D eigenvalue weighted by Crippen LogP contribution is -2.53. The first-order valence-corrected chi connectivity index (χ1v) is 13.1. The number of rotatable bonds is 3. The highest BCUT2D eigenvalue weighted by atomic mass is 16.5. The summed E-state index contributed by atoms with van der Waals surface area (Å²) in [5.41, 5.74) is 0.840. The van der Waals surface area contributed by atoms with E-state index in [9.17, 15) is 14.4 Å².